The van der Waals surface area contributed by atoms with E-state index in [1.54, 1.807) is 11.4 Å². The average molecular weight is 362 g/mol. The van der Waals surface area contributed by atoms with Crippen LogP contribution in [0.4, 0.5) is 5.95 Å². The molecular formula is C18H26N4O2S. The van der Waals surface area contributed by atoms with Gasteiger partial charge in [-0.25, -0.2) is 17.7 Å². The van der Waals surface area contributed by atoms with E-state index in [0.717, 1.165) is 55.8 Å². The molecule has 136 valence electrons. The Morgan fingerprint density at radius 1 is 1.16 bits per heavy atom. The number of benzene rings is 1. The van der Waals surface area contributed by atoms with Crippen molar-refractivity contribution < 1.29 is 8.42 Å². The molecular weight excluding hydrogens is 336 g/mol. The molecule has 1 aliphatic heterocycles. The van der Waals surface area contributed by atoms with Gasteiger partial charge in [-0.15, -0.1) is 0 Å². The van der Waals surface area contributed by atoms with E-state index in [4.69, 9.17) is 4.98 Å². The average Bonchev–Trinajstić information content (AvgIpc) is 3.41. The first-order valence-corrected chi connectivity index (χ1v) is 10.6. The number of nitrogens with zero attached hydrogens (tertiary/aromatic N) is 4. The third kappa shape index (κ3) is 3.15. The van der Waals surface area contributed by atoms with Gasteiger partial charge in [-0.1, -0.05) is 12.1 Å². The van der Waals surface area contributed by atoms with Gasteiger partial charge < -0.3 is 9.47 Å². The fourth-order valence-corrected chi connectivity index (χ4v) is 5.48. The summed E-state index contributed by atoms with van der Waals surface area (Å²) in [5, 5.41) is -0.113. The number of imidazole rings is 1. The van der Waals surface area contributed by atoms with E-state index >= 15 is 0 Å². The Balaban J connectivity index is 1.40. The maximum Gasteiger partial charge on any atom is 0.216 e. The van der Waals surface area contributed by atoms with Gasteiger partial charge in [0.1, 0.15) is 0 Å². The standard InChI is InChI=1S/C18H26N4O2S/c1-20(25(23,24)15-7-8-15)13-14-9-11-22(12-10-14)18-19-16-5-3-4-6-17(16)21(18)2/h3-6,14-15H,7-13H2,1-2H3. The Kier molecular flexibility index (Phi) is 4.24. The Morgan fingerprint density at radius 3 is 2.48 bits per heavy atom. The van der Waals surface area contributed by atoms with Gasteiger partial charge in [0.15, 0.2) is 0 Å². The first kappa shape index (κ1) is 16.8. The molecule has 0 bridgehead atoms. The Hall–Kier alpha value is -1.60. The molecule has 1 saturated heterocycles. The van der Waals surface area contributed by atoms with E-state index in [2.05, 4.69) is 22.6 Å². The number of aryl methyl sites for hydroxylation is 1. The second-order valence-corrected chi connectivity index (χ2v) is 9.73. The van der Waals surface area contributed by atoms with Crippen molar-refractivity contribution in [2.75, 3.05) is 31.6 Å². The predicted molar refractivity (Wildman–Crippen MR) is 100 cm³/mol. The SMILES string of the molecule is CN(CC1CCN(c2nc3ccccc3n2C)CC1)S(=O)(=O)C1CC1. The molecule has 2 aliphatic rings. The van der Waals surface area contributed by atoms with Crippen LogP contribution in [0.2, 0.25) is 0 Å². The van der Waals surface area contributed by atoms with Crippen molar-refractivity contribution in [2.45, 2.75) is 30.9 Å². The number of piperidine rings is 1. The minimum Gasteiger partial charge on any atom is -0.342 e. The lowest BCUT2D eigenvalue weighted by molar-refractivity contribution is 0.326. The van der Waals surface area contributed by atoms with Crippen LogP contribution in [0.3, 0.4) is 0 Å². The van der Waals surface area contributed by atoms with Crippen molar-refractivity contribution >= 4 is 27.0 Å². The van der Waals surface area contributed by atoms with Gasteiger partial charge in [0.25, 0.3) is 0 Å². The summed E-state index contributed by atoms with van der Waals surface area (Å²) in [7, 11) is 0.752. The lowest BCUT2D eigenvalue weighted by Crippen LogP contribution is -2.41. The van der Waals surface area contributed by atoms with E-state index in [-0.39, 0.29) is 5.25 Å². The fourth-order valence-electron chi connectivity index (χ4n) is 3.82. The maximum atomic E-state index is 12.3. The van der Waals surface area contributed by atoms with Crippen molar-refractivity contribution in [3.05, 3.63) is 24.3 Å². The molecule has 0 radical (unpaired) electrons. The van der Waals surface area contributed by atoms with Crippen LogP contribution in [0.1, 0.15) is 25.7 Å². The zero-order valence-corrected chi connectivity index (χ0v) is 15.7. The minimum atomic E-state index is -3.05. The third-order valence-electron chi connectivity index (χ3n) is 5.56. The number of rotatable bonds is 5. The van der Waals surface area contributed by atoms with Crippen molar-refractivity contribution in [1.29, 1.82) is 0 Å². The molecule has 2 fully saturated rings. The smallest absolute Gasteiger partial charge is 0.216 e. The fraction of sp³-hybridized carbons (Fsp3) is 0.611. The molecule has 25 heavy (non-hydrogen) atoms. The van der Waals surface area contributed by atoms with Gasteiger partial charge in [0.2, 0.25) is 16.0 Å². The number of para-hydroxylation sites is 2. The summed E-state index contributed by atoms with van der Waals surface area (Å²) in [6, 6.07) is 8.19. The van der Waals surface area contributed by atoms with Gasteiger partial charge >= 0.3 is 0 Å². The van der Waals surface area contributed by atoms with Crippen LogP contribution in [0.25, 0.3) is 11.0 Å². The molecule has 0 N–H and O–H groups in total. The van der Waals surface area contributed by atoms with Crippen LogP contribution in [0, 0.1) is 5.92 Å². The van der Waals surface area contributed by atoms with E-state index in [0.29, 0.717) is 12.5 Å². The van der Waals surface area contributed by atoms with E-state index < -0.39 is 10.0 Å². The van der Waals surface area contributed by atoms with Crippen LogP contribution in [-0.4, -0.2) is 54.2 Å². The highest BCUT2D eigenvalue weighted by molar-refractivity contribution is 7.90. The zero-order chi connectivity index (χ0) is 17.6. The van der Waals surface area contributed by atoms with E-state index in [1.165, 1.54) is 0 Å². The lowest BCUT2D eigenvalue weighted by atomic mass is 9.97. The molecule has 0 atom stereocenters. The maximum absolute atomic E-state index is 12.3. The highest BCUT2D eigenvalue weighted by Crippen LogP contribution is 2.32. The molecule has 0 unspecified atom stereocenters. The Morgan fingerprint density at radius 2 is 1.84 bits per heavy atom. The van der Waals surface area contributed by atoms with Crippen LogP contribution in [0.15, 0.2) is 24.3 Å². The number of anilines is 1. The van der Waals surface area contributed by atoms with Crippen molar-refractivity contribution in [3.63, 3.8) is 0 Å². The molecule has 6 nitrogen and oxygen atoms in total. The second kappa shape index (κ2) is 6.29. The molecule has 7 heteroatoms. The molecule has 1 saturated carbocycles. The molecule has 1 aliphatic carbocycles. The summed E-state index contributed by atoms with van der Waals surface area (Å²) in [6.45, 7) is 2.51. The summed E-state index contributed by atoms with van der Waals surface area (Å²) in [4.78, 5) is 7.10. The number of hydrogen-bond acceptors (Lipinski definition) is 4. The Labute approximate surface area is 149 Å². The summed E-state index contributed by atoms with van der Waals surface area (Å²) in [6.07, 6.45) is 3.68. The number of hydrogen-bond donors (Lipinski definition) is 0. The lowest BCUT2D eigenvalue weighted by Gasteiger charge is -2.34. The van der Waals surface area contributed by atoms with Crippen molar-refractivity contribution in [2.24, 2.45) is 13.0 Å². The first-order valence-electron chi connectivity index (χ1n) is 9.08. The van der Waals surface area contributed by atoms with Gasteiger partial charge in [-0.3, -0.25) is 0 Å². The normalized spacial score (nSPS) is 19.9. The number of fused-ring (bicyclic) bond motifs is 1. The highest BCUT2D eigenvalue weighted by Gasteiger charge is 2.39. The van der Waals surface area contributed by atoms with Crippen LogP contribution >= 0.6 is 0 Å². The molecule has 0 amide bonds. The van der Waals surface area contributed by atoms with Crippen molar-refractivity contribution in [1.82, 2.24) is 13.9 Å². The summed E-state index contributed by atoms with van der Waals surface area (Å²) < 4.78 is 28.3. The zero-order valence-electron chi connectivity index (χ0n) is 14.9. The van der Waals surface area contributed by atoms with Gasteiger partial charge in [-0.2, -0.15) is 0 Å². The highest BCUT2D eigenvalue weighted by atomic mass is 32.2. The molecule has 1 aromatic heterocycles. The van der Waals surface area contributed by atoms with Gasteiger partial charge in [-0.05, 0) is 43.7 Å². The van der Waals surface area contributed by atoms with Gasteiger partial charge in [0, 0.05) is 33.7 Å². The second-order valence-electron chi connectivity index (χ2n) is 7.41. The van der Waals surface area contributed by atoms with Gasteiger partial charge in [0.05, 0.1) is 16.3 Å². The summed E-state index contributed by atoms with van der Waals surface area (Å²) in [5.41, 5.74) is 2.17. The number of sulfonamides is 1. The third-order valence-corrected chi connectivity index (χ3v) is 7.89. The van der Waals surface area contributed by atoms with E-state index in [9.17, 15) is 8.42 Å². The molecule has 4 rings (SSSR count). The quantitative estimate of drug-likeness (QED) is 0.818. The first-order chi connectivity index (χ1) is 12.0. The predicted octanol–water partition coefficient (Wildman–Crippen LogP) is 2.21. The topological polar surface area (TPSA) is 58.4 Å². The molecule has 1 aromatic carbocycles. The Bertz CT molecular complexity index is 864. The summed E-state index contributed by atoms with van der Waals surface area (Å²) in [5.74, 6) is 1.45. The van der Waals surface area contributed by atoms with Crippen LogP contribution < -0.4 is 4.90 Å². The van der Waals surface area contributed by atoms with Crippen LogP contribution in [0.5, 0.6) is 0 Å². The monoisotopic (exact) mass is 362 g/mol. The van der Waals surface area contributed by atoms with Crippen molar-refractivity contribution in [3.8, 4) is 0 Å². The number of aromatic nitrogens is 2. The summed E-state index contributed by atoms with van der Waals surface area (Å²) >= 11 is 0. The largest absolute Gasteiger partial charge is 0.342 e. The molecule has 0 spiro atoms. The molecule has 2 aromatic rings. The minimum absolute atomic E-state index is 0.113. The van der Waals surface area contributed by atoms with E-state index in [1.807, 2.05) is 18.2 Å². The molecule has 2 heterocycles. The van der Waals surface area contributed by atoms with Crippen LogP contribution in [-0.2, 0) is 17.1 Å².